The van der Waals surface area contributed by atoms with Gasteiger partial charge in [0, 0.05) is 37.5 Å². The van der Waals surface area contributed by atoms with Gasteiger partial charge >= 0.3 is 0 Å². The first kappa shape index (κ1) is 15.4. The number of nitrogens with one attached hydrogen (secondary N) is 1. The largest absolute Gasteiger partial charge is 0.378 e. The minimum absolute atomic E-state index is 0.0483. The number of carbonyl (C=O) groups is 1. The highest BCUT2D eigenvalue weighted by molar-refractivity contribution is 5.95. The molecule has 2 heterocycles. The molecule has 1 amide bonds. The Labute approximate surface area is 145 Å². The molecule has 0 spiro atoms. The fourth-order valence-corrected chi connectivity index (χ4v) is 3.03. The predicted molar refractivity (Wildman–Crippen MR) is 95.6 cm³/mol. The normalized spacial score (nSPS) is 16.2. The number of aromatic nitrogens is 2. The molecule has 0 aliphatic carbocycles. The summed E-state index contributed by atoms with van der Waals surface area (Å²) in [7, 11) is 3.93. The highest BCUT2D eigenvalue weighted by atomic mass is 16.5. The smallest absolute Gasteiger partial charge is 0.235 e. The van der Waals surface area contributed by atoms with Gasteiger partial charge < -0.3 is 14.7 Å². The quantitative estimate of drug-likeness (QED) is 0.796. The lowest BCUT2D eigenvalue weighted by Crippen LogP contribution is -2.24. The molecule has 1 aliphatic rings. The predicted octanol–water partition coefficient (Wildman–Crippen LogP) is 3.28. The Morgan fingerprint density at radius 1 is 1.16 bits per heavy atom. The number of rotatable bonds is 3. The highest BCUT2D eigenvalue weighted by Gasteiger charge is 2.31. The Kier molecular flexibility index (Phi) is 3.72. The van der Waals surface area contributed by atoms with Gasteiger partial charge in [-0.2, -0.15) is 4.98 Å². The minimum atomic E-state index is -0.232. The lowest BCUT2D eigenvalue weighted by Gasteiger charge is -2.25. The molecule has 0 fully saturated rings. The maximum atomic E-state index is 12.2. The van der Waals surface area contributed by atoms with Crippen molar-refractivity contribution in [1.82, 2.24) is 10.1 Å². The Balaban J connectivity index is 1.72. The van der Waals surface area contributed by atoms with Crippen LogP contribution in [0.5, 0.6) is 0 Å². The third kappa shape index (κ3) is 2.87. The topological polar surface area (TPSA) is 71.3 Å². The van der Waals surface area contributed by atoms with E-state index in [1.165, 1.54) is 0 Å². The van der Waals surface area contributed by atoms with Crippen molar-refractivity contribution >= 4 is 17.3 Å². The third-order valence-corrected chi connectivity index (χ3v) is 4.36. The van der Waals surface area contributed by atoms with Crippen molar-refractivity contribution in [3.05, 3.63) is 60.0 Å². The van der Waals surface area contributed by atoms with Gasteiger partial charge in [0.2, 0.25) is 17.6 Å². The Bertz CT molecular complexity index is 918. The van der Waals surface area contributed by atoms with E-state index < -0.39 is 0 Å². The van der Waals surface area contributed by atoms with Crippen LogP contribution in [0, 0.1) is 0 Å². The minimum Gasteiger partial charge on any atom is -0.378 e. The van der Waals surface area contributed by atoms with Crippen LogP contribution >= 0.6 is 0 Å². The summed E-state index contributed by atoms with van der Waals surface area (Å²) in [5.41, 5.74) is 3.71. The van der Waals surface area contributed by atoms with Crippen molar-refractivity contribution in [2.75, 3.05) is 24.3 Å². The van der Waals surface area contributed by atoms with Gasteiger partial charge in [-0.1, -0.05) is 41.6 Å². The van der Waals surface area contributed by atoms with E-state index in [4.69, 9.17) is 4.52 Å². The summed E-state index contributed by atoms with van der Waals surface area (Å²) in [5, 5.41) is 7.02. The van der Waals surface area contributed by atoms with E-state index in [2.05, 4.69) is 15.5 Å². The standard InChI is InChI=1S/C19H18N4O2/c1-23(2)13-8-9-14-15(11-17(24)20-16(14)10-13)19-21-18(22-25-19)12-6-4-3-5-7-12/h3-10,15H,11H2,1-2H3,(H,20,24). The van der Waals surface area contributed by atoms with Crippen LogP contribution in [0.1, 0.15) is 23.8 Å². The number of nitrogens with zero attached hydrogens (tertiary/aromatic N) is 3. The molecule has 126 valence electrons. The summed E-state index contributed by atoms with van der Waals surface area (Å²) in [6.45, 7) is 0. The molecule has 4 rings (SSSR count). The van der Waals surface area contributed by atoms with E-state index in [1.807, 2.05) is 67.5 Å². The summed E-state index contributed by atoms with van der Waals surface area (Å²) in [6, 6.07) is 15.7. The van der Waals surface area contributed by atoms with E-state index in [1.54, 1.807) is 0 Å². The van der Waals surface area contributed by atoms with Gasteiger partial charge in [0.1, 0.15) is 0 Å². The van der Waals surface area contributed by atoms with E-state index in [9.17, 15) is 4.79 Å². The lowest BCUT2D eigenvalue weighted by atomic mass is 9.90. The molecule has 6 heteroatoms. The van der Waals surface area contributed by atoms with Crippen molar-refractivity contribution in [2.45, 2.75) is 12.3 Å². The van der Waals surface area contributed by atoms with Gasteiger partial charge in [-0.3, -0.25) is 4.79 Å². The highest BCUT2D eigenvalue weighted by Crippen LogP contribution is 2.38. The number of benzene rings is 2. The van der Waals surface area contributed by atoms with Crippen molar-refractivity contribution in [3.63, 3.8) is 0 Å². The number of hydrogen-bond donors (Lipinski definition) is 1. The van der Waals surface area contributed by atoms with Crippen LogP contribution in [0.15, 0.2) is 53.1 Å². The molecule has 6 nitrogen and oxygen atoms in total. The second-order valence-electron chi connectivity index (χ2n) is 6.29. The second-order valence-corrected chi connectivity index (χ2v) is 6.29. The number of anilines is 2. The molecule has 0 bridgehead atoms. The molecule has 2 aromatic carbocycles. The fraction of sp³-hybridized carbons (Fsp3) is 0.211. The van der Waals surface area contributed by atoms with E-state index in [0.29, 0.717) is 18.1 Å². The Morgan fingerprint density at radius 2 is 1.96 bits per heavy atom. The summed E-state index contributed by atoms with van der Waals surface area (Å²) in [5.74, 6) is 0.721. The van der Waals surface area contributed by atoms with E-state index in [0.717, 1.165) is 22.5 Å². The maximum absolute atomic E-state index is 12.2. The molecule has 1 unspecified atom stereocenters. The summed E-state index contributed by atoms with van der Waals surface area (Å²) < 4.78 is 5.49. The SMILES string of the molecule is CN(C)c1ccc2c(c1)NC(=O)CC2c1nc(-c2ccccc2)no1. The molecule has 1 aliphatic heterocycles. The van der Waals surface area contributed by atoms with Gasteiger partial charge in [0.25, 0.3) is 0 Å². The van der Waals surface area contributed by atoms with Crippen LogP contribution in [0.25, 0.3) is 11.4 Å². The van der Waals surface area contributed by atoms with Crippen LogP contribution in [0.2, 0.25) is 0 Å². The first-order valence-electron chi connectivity index (χ1n) is 8.12. The first-order chi connectivity index (χ1) is 12.1. The molecular formula is C19H18N4O2. The number of hydrogen-bond acceptors (Lipinski definition) is 5. The zero-order valence-electron chi connectivity index (χ0n) is 14.1. The van der Waals surface area contributed by atoms with Crippen LogP contribution in [0.4, 0.5) is 11.4 Å². The van der Waals surface area contributed by atoms with E-state index >= 15 is 0 Å². The third-order valence-electron chi connectivity index (χ3n) is 4.36. The maximum Gasteiger partial charge on any atom is 0.235 e. The number of amides is 1. The molecular weight excluding hydrogens is 316 g/mol. The molecule has 1 aromatic heterocycles. The molecule has 3 aromatic rings. The van der Waals surface area contributed by atoms with Gasteiger partial charge in [-0.25, -0.2) is 0 Å². The van der Waals surface area contributed by atoms with Crippen molar-refractivity contribution in [2.24, 2.45) is 0 Å². The Hall–Kier alpha value is -3.15. The Morgan fingerprint density at radius 3 is 2.72 bits per heavy atom. The van der Waals surface area contributed by atoms with Crippen LogP contribution in [-0.2, 0) is 4.79 Å². The van der Waals surface area contributed by atoms with Gasteiger partial charge in [-0.05, 0) is 17.7 Å². The van der Waals surface area contributed by atoms with Gasteiger partial charge in [0.15, 0.2) is 0 Å². The zero-order valence-corrected chi connectivity index (χ0v) is 14.1. The zero-order chi connectivity index (χ0) is 17.4. The molecule has 1 atom stereocenters. The molecule has 0 saturated heterocycles. The number of carbonyl (C=O) groups excluding carboxylic acids is 1. The van der Waals surface area contributed by atoms with Crippen LogP contribution < -0.4 is 10.2 Å². The summed E-state index contributed by atoms with van der Waals surface area (Å²) in [6.07, 6.45) is 0.296. The van der Waals surface area contributed by atoms with Gasteiger partial charge in [-0.15, -0.1) is 0 Å². The summed E-state index contributed by atoms with van der Waals surface area (Å²) in [4.78, 5) is 18.7. The lowest BCUT2D eigenvalue weighted by molar-refractivity contribution is -0.116. The van der Waals surface area contributed by atoms with Crippen molar-refractivity contribution in [1.29, 1.82) is 0 Å². The number of fused-ring (bicyclic) bond motifs is 1. The molecule has 0 radical (unpaired) electrons. The monoisotopic (exact) mass is 334 g/mol. The molecule has 25 heavy (non-hydrogen) atoms. The van der Waals surface area contributed by atoms with Crippen LogP contribution in [0.3, 0.4) is 0 Å². The molecule has 0 saturated carbocycles. The fourth-order valence-electron chi connectivity index (χ4n) is 3.03. The average Bonchev–Trinajstić information content (AvgIpc) is 3.11. The van der Waals surface area contributed by atoms with E-state index in [-0.39, 0.29) is 11.8 Å². The summed E-state index contributed by atoms with van der Waals surface area (Å²) >= 11 is 0. The second kappa shape index (κ2) is 6.05. The molecule has 1 N–H and O–H groups in total. The first-order valence-corrected chi connectivity index (χ1v) is 8.12. The van der Waals surface area contributed by atoms with Gasteiger partial charge in [0.05, 0.1) is 5.92 Å². The van der Waals surface area contributed by atoms with Crippen LogP contribution in [-0.4, -0.2) is 30.1 Å². The van der Waals surface area contributed by atoms with Crippen molar-refractivity contribution in [3.8, 4) is 11.4 Å². The van der Waals surface area contributed by atoms with Crippen molar-refractivity contribution < 1.29 is 9.32 Å². The average molecular weight is 334 g/mol.